The molecule has 5 rings (SSSR count). The van der Waals surface area contributed by atoms with E-state index in [1.165, 1.54) is 13.0 Å². The molecule has 4 aromatic rings. The van der Waals surface area contributed by atoms with Gasteiger partial charge >= 0.3 is 0 Å². The lowest BCUT2D eigenvalue weighted by Crippen LogP contribution is -2.34. The molecular weight excluding hydrogens is 434 g/mol. The van der Waals surface area contributed by atoms with Crippen molar-refractivity contribution in [2.75, 3.05) is 0 Å². The van der Waals surface area contributed by atoms with Gasteiger partial charge in [-0.2, -0.15) is 5.26 Å². The van der Waals surface area contributed by atoms with Gasteiger partial charge in [-0.25, -0.2) is 4.57 Å². The number of carbonyl (C=O) groups is 2. The molecule has 0 bridgehead atoms. The van der Waals surface area contributed by atoms with Gasteiger partial charge in [-0.05, 0) is 37.3 Å². The van der Waals surface area contributed by atoms with Gasteiger partial charge in [-0.1, -0.05) is 30.3 Å². The molecule has 0 atom stereocenters. The van der Waals surface area contributed by atoms with Crippen molar-refractivity contribution >= 4 is 34.0 Å². The molecule has 3 aromatic carbocycles. The molecular formula is C25H15N5O4. The lowest BCUT2D eigenvalue weighted by Gasteiger charge is -2.17. The fraction of sp³-hybridized carbons (Fsp3) is 0.0400. The quantitative estimate of drug-likeness (QED) is 0.357. The van der Waals surface area contributed by atoms with E-state index in [-0.39, 0.29) is 16.8 Å². The molecule has 9 heteroatoms. The third-order valence-corrected chi connectivity index (χ3v) is 5.69. The van der Waals surface area contributed by atoms with E-state index in [2.05, 4.69) is 15.5 Å². The first kappa shape index (κ1) is 20.8. The normalized spacial score (nSPS) is 12.7. The van der Waals surface area contributed by atoms with E-state index in [1.807, 2.05) is 6.07 Å². The number of benzene rings is 3. The molecule has 2 amide bonds. The van der Waals surface area contributed by atoms with E-state index in [0.29, 0.717) is 33.3 Å². The number of azo groups is 1. The molecule has 34 heavy (non-hydrogen) atoms. The maximum atomic E-state index is 13.3. The highest BCUT2D eigenvalue weighted by atomic mass is 16.3. The van der Waals surface area contributed by atoms with Crippen LogP contribution in [0.15, 0.2) is 75.7 Å². The number of nitriles is 1. The lowest BCUT2D eigenvalue weighted by atomic mass is 9.94. The molecule has 2 heterocycles. The molecule has 0 radical (unpaired) electrons. The van der Waals surface area contributed by atoms with Gasteiger partial charge < -0.3 is 5.11 Å². The van der Waals surface area contributed by atoms with Crippen molar-refractivity contribution in [1.29, 1.82) is 5.26 Å². The van der Waals surface area contributed by atoms with Crippen LogP contribution in [-0.2, 0) is 0 Å². The maximum absolute atomic E-state index is 13.3. The summed E-state index contributed by atoms with van der Waals surface area (Å²) >= 11 is 0. The molecule has 1 aliphatic rings. The highest BCUT2D eigenvalue weighted by molar-refractivity contribution is 6.26. The Labute approximate surface area is 192 Å². The van der Waals surface area contributed by atoms with Crippen molar-refractivity contribution in [3.8, 4) is 17.6 Å². The van der Waals surface area contributed by atoms with Crippen molar-refractivity contribution in [2.24, 2.45) is 10.2 Å². The van der Waals surface area contributed by atoms with Crippen LogP contribution in [-0.4, -0.2) is 21.5 Å². The van der Waals surface area contributed by atoms with Gasteiger partial charge in [0.05, 0.1) is 11.4 Å². The van der Waals surface area contributed by atoms with Crippen LogP contribution in [0.5, 0.6) is 5.88 Å². The molecule has 1 aromatic heterocycles. The molecule has 0 spiro atoms. The van der Waals surface area contributed by atoms with Gasteiger partial charge in [0.2, 0.25) is 5.88 Å². The van der Waals surface area contributed by atoms with Crippen LogP contribution in [0.4, 0.5) is 11.4 Å². The van der Waals surface area contributed by atoms with Crippen LogP contribution in [0.25, 0.3) is 16.5 Å². The number of aromatic nitrogens is 1. The van der Waals surface area contributed by atoms with Crippen LogP contribution in [0, 0.1) is 18.3 Å². The number of hydrogen-bond acceptors (Lipinski definition) is 7. The number of nitrogens with zero attached hydrogens (tertiary/aromatic N) is 4. The van der Waals surface area contributed by atoms with Gasteiger partial charge in [0.1, 0.15) is 11.6 Å². The third kappa shape index (κ3) is 3.05. The second-order valence-corrected chi connectivity index (χ2v) is 7.60. The van der Waals surface area contributed by atoms with E-state index in [1.54, 1.807) is 54.6 Å². The minimum atomic E-state index is -0.652. The fourth-order valence-corrected chi connectivity index (χ4v) is 4.03. The van der Waals surface area contributed by atoms with Crippen LogP contribution >= 0.6 is 0 Å². The van der Waals surface area contributed by atoms with Crippen molar-refractivity contribution in [3.05, 3.63) is 93.3 Å². The number of carbonyl (C=O) groups excluding carboxylic acids is 2. The number of imide groups is 1. The molecule has 0 aliphatic carbocycles. The lowest BCUT2D eigenvalue weighted by molar-refractivity contribution is 0.0845. The Kier molecular flexibility index (Phi) is 4.76. The predicted octanol–water partition coefficient (Wildman–Crippen LogP) is 4.18. The van der Waals surface area contributed by atoms with Crippen molar-refractivity contribution in [2.45, 2.75) is 6.92 Å². The fourth-order valence-electron chi connectivity index (χ4n) is 4.03. The first-order valence-electron chi connectivity index (χ1n) is 10.2. The number of para-hydroxylation sites is 1. The Morgan fingerprint density at radius 3 is 2.32 bits per heavy atom. The second kappa shape index (κ2) is 7.79. The number of amides is 2. The van der Waals surface area contributed by atoms with Crippen molar-refractivity contribution < 1.29 is 14.7 Å². The number of aromatic hydroxyl groups is 1. The zero-order chi connectivity index (χ0) is 24.0. The van der Waals surface area contributed by atoms with E-state index < -0.39 is 23.3 Å². The topological polar surface area (TPSA) is 137 Å². The van der Waals surface area contributed by atoms with Crippen molar-refractivity contribution in [1.82, 2.24) is 9.88 Å². The second-order valence-electron chi connectivity index (χ2n) is 7.60. The number of nitrogens with one attached hydrogen (secondary N) is 1. The Morgan fingerprint density at radius 2 is 1.62 bits per heavy atom. The number of rotatable bonds is 3. The summed E-state index contributed by atoms with van der Waals surface area (Å²) in [5, 5.41) is 31.8. The van der Waals surface area contributed by atoms with Gasteiger partial charge in [0, 0.05) is 27.5 Å². The van der Waals surface area contributed by atoms with Gasteiger partial charge in [-0.3, -0.25) is 19.7 Å². The minimum Gasteiger partial charge on any atom is -0.493 e. The minimum absolute atomic E-state index is 0.100. The SMILES string of the molecule is Cc1c(C#N)c(O)n(-c2ccccc2)c(=O)c1N=Nc1ccc2c3c(cccc13)C(=O)NC2=O. The van der Waals surface area contributed by atoms with E-state index in [0.717, 1.165) is 4.57 Å². The number of pyridine rings is 1. The summed E-state index contributed by atoms with van der Waals surface area (Å²) in [6.45, 7) is 1.50. The van der Waals surface area contributed by atoms with Gasteiger partial charge in [-0.15, -0.1) is 10.2 Å². The summed E-state index contributed by atoms with van der Waals surface area (Å²) < 4.78 is 1.00. The average Bonchev–Trinajstić information content (AvgIpc) is 2.83. The third-order valence-electron chi connectivity index (χ3n) is 5.69. The monoisotopic (exact) mass is 449 g/mol. The molecule has 1 aliphatic heterocycles. The largest absolute Gasteiger partial charge is 0.493 e. The predicted molar refractivity (Wildman–Crippen MR) is 123 cm³/mol. The summed E-state index contributed by atoms with van der Waals surface area (Å²) in [4.78, 5) is 37.8. The summed E-state index contributed by atoms with van der Waals surface area (Å²) in [6.07, 6.45) is 0. The van der Waals surface area contributed by atoms with Crippen molar-refractivity contribution in [3.63, 3.8) is 0 Å². The zero-order valence-corrected chi connectivity index (χ0v) is 17.7. The van der Waals surface area contributed by atoms with Crippen LogP contribution in [0.2, 0.25) is 0 Å². The first-order valence-corrected chi connectivity index (χ1v) is 10.2. The van der Waals surface area contributed by atoms with E-state index in [9.17, 15) is 24.8 Å². The molecule has 0 saturated heterocycles. The first-order chi connectivity index (χ1) is 16.4. The zero-order valence-electron chi connectivity index (χ0n) is 17.7. The van der Waals surface area contributed by atoms with E-state index >= 15 is 0 Å². The molecule has 0 fully saturated rings. The molecule has 164 valence electrons. The highest BCUT2D eigenvalue weighted by Gasteiger charge is 2.26. The smallest absolute Gasteiger partial charge is 0.286 e. The summed E-state index contributed by atoms with van der Waals surface area (Å²) in [5.41, 5.74) is 0.679. The maximum Gasteiger partial charge on any atom is 0.286 e. The standard InChI is InChI=1S/C25H15N5O4/c1-13-18(12-26)24(33)30(14-6-3-2-4-7-14)25(34)21(13)29-28-19-11-10-17-20-15(19)8-5-9-16(20)22(31)27-23(17)32/h2-11,33H,1H3,(H,27,31,32). The highest BCUT2D eigenvalue weighted by Crippen LogP contribution is 2.35. The summed E-state index contributed by atoms with van der Waals surface area (Å²) in [7, 11) is 0. The Morgan fingerprint density at radius 1 is 0.912 bits per heavy atom. The van der Waals surface area contributed by atoms with Crippen LogP contribution < -0.4 is 10.9 Å². The molecule has 0 saturated carbocycles. The van der Waals surface area contributed by atoms with Crippen LogP contribution in [0.3, 0.4) is 0 Å². The van der Waals surface area contributed by atoms with Gasteiger partial charge in [0.25, 0.3) is 17.4 Å². The number of hydrogen-bond donors (Lipinski definition) is 2. The summed E-state index contributed by atoms with van der Waals surface area (Å²) in [6, 6.07) is 18.4. The molecule has 9 nitrogen and oxygen atoms in total. The molecule has 0 unspecified atom stereocenters. The Hall–Kier alpha value is -5.10. The van der Waals surface area contributed by atoms with Gasteiger partial charge in [0.15, 0.2) is 5.69 Å². The Balaban J connectivity index is 1.72. The average molecular weight is 449 g/mol. The van der Waals surface area contributed by atoms with Crippen LogP contribution in [0.1, 0.15) is 31.8 Å². The molecule has 2 N–H and O–H groups in total. The Bertz CT molecular complexity index is 1640. The summed E-state index contributed by atoms with van der Waals surface area (Å²) in [5.74, 6) is -1.49. The van der Waals surface area contributed by atoms with E-state index in [4.69, 9.17) is 0 Å².